The quantitative estimate of drug-likeness (QED) is 0.646. The molecule has 1 aromatic heterocycles. The van der Waals surface area contributed by atoms with Crippen LogP contribution in [-0.2, 0) is 0 Å². The zero-order valence-electron chi connectivity index (χ0n) is 13.3. The van der Waals surface area contributed by atoms with Crippen LogP contribution in [0.1, 0.15) is 10.4 Å². The maximum absolute atomic E-state index is 13.4. The van der Waals surface area contributed by atoms with E-state index in [1.165, 1.54) is 29.5 Å². The van der Waals surface area contributed by atoms with Crippen LogP contribution in [0.15, 0.2) is 46.3 Å². The SMILES string of the molecule is O=C(Nc1nc(-c2ccc3c(c2)OCCO3)cs1)c1cc(F)ccc1Br. The number of carbonyl (C=O) groups is 1. The summed E-state index contributed by atoms with van der Waals surface area (Å²) >= 11 is 4.54. The number of hydrogen-bond donors (Lipinski definition) is 1. The highest BCUT2D eigenvalue weighted by Gasteiger charge is 2.16. The lowest BCUT2D eigenvalue weighted by Gasteiger charge is -2.18. The Morgan fingerprint density at radius 1 is 1.15 bits per heavy atom. The van der Waals surface area contributed by atoms with Crippen molar-refractivity contribution in [2.45, 2.75) is 0 Å². The predicted molar refractivity (Wildman–Crippen MR) is 101 cm³/mol. The molecular formula is C18H12BrFN2O3S. The van der Waals surface area contributed by atoms with Gasteiger partial charge in [-0.05, 0) is 52.3 Å². The maximum Gasteiger partial charge on any atom is 0.258 e. The molecule has 132 valence electrons. The van der Waals surface area contributed by atoms with E-state index < -0.39 is 11.7 Å². The number of fused-ring (bicyclic) bond motifs is 1. The molecule has 3 aromatic rings. The Bertz CT molecular complexity index is 992. The fourth-order valence-electron chi connectivity index (χ4n) is 2.50. The highest BCUT2D eigenvalue weighted by molar-refractivity contribution is 9.10. The number of aromatic nitrogens is 1. The summed E-state index contributed by atoms with van der Waals surface area (Å²) in [4.78, 5) is 16.8. The Labute approximate surface area is 160 Å². The molecule has 0 bridgehead atoms. The summed E-state index contributed by atoms with van der Waals surface area (Å²) in [6, 6.07) is 9.53. The first-order chi connectivity index (χ1) is 12.6. The molecule has 0 saturated heterocycles. The third-order valence-corrected chi connectivity index (χ3v) is 5.18. The predicted octanol–water partition coefficient (Wildman–Crippen LogP) is 4.74. The molecule has 5 nitrogen and oxygen atoms in total. The second kappa shape index (κ2) is 7.05. The summed E-state index contributed by atoms with van der Waals surface area (Å²) in [6.07, 6.45) is 0. The van der Waals surface area contributed by atoms with Gasteiger partial charge in [-0.3, -0.25) is 10.1 Å². The first-order valence-corrected chi connectivity index (χ1v) is 9.39. The van der Waals surface area contributed by atoms with Gasteiger partial charge in [0.25, 0.3) is 5.91 Å². The van der Waals surface area contributed by atoms with Crippen molar-refractivity contribution >= 4 is 38.3 Å². The Kier molecular flexibility index (Phi) is 4.60. The lowest BCUT2D eigenvalue weighted by molar-refractivity contribution is 0.102. The molecule has 2 heterocycles. The molecule has 0 unspecified atom stereocenters. The summed E-state index contributed by atoms with van der Waals surface area (Å²) in [5, 5.41) is 4.96. The third-order valence-electron chi connectivity index (χ3n) is 3.74. The first-order valence-electron chi connectivity index (χ1n) is 7.72. The van der Waals surface area contributed by atoms with Crippen LogP contribution in [-0.4, -0.2) is 24.1 Å². The van der Waals surface area contributed by atoms with E-state index in [-0.39, 0.29) is 5.56 Å². The van der Waals surface area contributed by atoms with Crippen LogP contribution >= 0.6 is 27.3 Å². The summed E-state index contributed by atoms with van der Waals surface area (Å²) in [7, 11) is 0. The molecular weight excluding hydrogens is 423 g/mol. The van der Waals surface area contributed by atoms with E-state index in [2.05, 4.69) is 26.2 Å². The van der Waals surface area contributed by atoms with Crippen LogP contribution in [0, 0.1) is 5.82 Å². The molecule has 0 aliphatic carbocycles. The molecule has 8 heteroatoms. The van der Waals surface area contributed by atoms with E-state index in [0.29, 0.717) is 40.0 Å². The van der Waals surface area contributed by atoms with Crippen molar-refractivity contribution in [3.8, 4) is 22.8 Å². The molecule has 4 rings (SSSR count). The molecule has 0 radical (unpaired) electrons. The first kappa shape index (κ1) is 17.0. The van der Waals surface area contributed by atoms with Crippen molar-refractivity contribution in [1.29, 1.82) is 0 Å². The smallest absolute Gasteiger partial charge is 0.258 e. The van der Waals surface area contributed by atoms with Gasteiger partial charge in [0.15, 0.2) is 16.6 Å². The fraction of sp³-hybridized carbons (Fsp3) is 0.111. The number of halogens is 2. The van der Waals surface area contributed by atoms with Crippen molar-refractivity contribution in [2.24, 2.45) is 0 Å². The molecule has 0 atom stereocenters. The fourth-order valence-corrected chi connectivity index (χ4v) is 3.64. The Morgan fingerprint density at radius 3 is 2.81 bits per heavy atom. The molecule has 0 saturated carbocycles. The van der Waals surface area contributed by atoms with Crippen LogP contribution in [0.25, 0.3) is 11.3 Å². The van der Waals surface area contributed by atoms with E-state index in [1.807, 2.05) is 23.6 Å². The average Bonchev–Trinajstić information content (AvgIpc) is 3.11. The summed E-state index contributed by atoms with van der Waals surface area (Å²) < 4.78 is 25.0. The standard InChI is InChI=1S/C18H12BrFN2O3S/c19-13-3-2-11(20)8-12(13)17(23)22-18-21-14(9-26-18)10-1-4-15-16(7-10)25-6-5-24-15/h1-4,7-9H,5-6H2,(H,21,22,23). The number of nitrogens with zero attached hydrogens (tertiary/aromatic N) is 1. The van der Waals surface area contributed by atoms with Crippen molar-refractivity contribution in [3.63, 3.8) is 0 Å². The summed E-state index contributed by atoms with van der Waals surface area (Å²) in [6.45, 7) is 1.05. The molecule has 0 fully saturated rings. The highest BCUT2D eigenvalue weighted by atomic mass is 79.9. The molecule has 1 aliphatic rings. The lowest BCUT2D eigenvalue weighted by Crippen LogP contribution is -2.15. The van der Waals surface area contributed by atoms with Gasteiger partial charge in [-0.15, -0.1) is 11.3 Å². The zero-order valence-corrected chi connectivity index (χ0v) is 15.7. The van der Waals surface area contributed by atoms with Crippen LogP contribution in [0.2, 0.25) is 0 Å². The minimum absolute atomic E-state index is 0.209. The van der Waals surface area contributed by atoms with Gasteiger partial charge >= 0.3 is 0 Å². The summed E-state index contributed by atoms with van der Waals surface area (Å²) in [5.41, 5.74) is 1.78. The molecule has 0 spiro atoms. The number of anilines is 1. The van der Waals surface area contributed by atoms with E-state index in [4.69, 9.17) is 9.47 Å². The van der Waals surface area contributed by atoms with E-state index in [9.17, 15) is 9.18 Å². The molecule has 1 amide bonds. The van der Waals surface area contributed by atoms with Crippen LogP contribution in [0.4, 0.5) is 9.52 Å². The number of ether oxygens (including phenoxy) is 2. The Morgan fingerprint density at radius 2 is 1.96 bits per heavy atom. The van der Waals surface area contributed by atoms with E-state index in [1.54, 1.807) is 0 Å². The molecule has 26 heavy (non-hydrogen) atoms. The normalized spacial score (nSPS) is 12.7. The minimum Gasteiger partial charge on any atom is -0.486 e. The molecule has 1 aliphatic heterocycles. The van der Waals surface area contributed by atoms with Crippen molar-refractivity contribution in [2.75, 3.05) is 18.5 Å². The number of thiazole rings is 1. The monoisotopic (exact) mass is 434 g/mol. The topological polar surface area (TPSA) is 60.5 Å². The van der Waals surface area contributed by atoms with Gasteiger partial charge in [0.05, 0.1) is 11.3 Å². The van der Waals surface area contributed by atoms with Gasteiger partial charge < -0.3 is 9.47 Å². The largest absolute Gasteiger partial charge is 0.486 e. The van der Waals surface area contributed by atoms with Gasteiger partial charge in [-0.2, -0.15) is 0 Å². The third kappa shape index (κ3) is 3.42. The lowest BCUT2D eigenvalue weighted by atomic mass is 10.1. The molecule has 1 N–H and O–H groups in total. The van der Waals surface area contributed by atoms with Crippen LogP contribution in [0.3, 0.4) is 0 Å². The Hall–Kier alpha value is -2.45. The second-order valence-electron chi connectivity index (χ2n) is 5.47. The molecule has 2 aromatic carbocycles. The zero-order chi connectivity index (χ0) is 18.1. The van der Waals surface area contributed by atoms with E-state index >= 15 is 0 Å². The minimum atomic E-state index is -0.477. The number of carbonyl (C=O) groups excluding carboxylic acids is 1. The van der Waals surface area contributed by atoms with Crippen LogP contribution in [0.5, 0.6) is 11.5 Å². The summed E-state index contributed by atoms with van der Waals surface area (Å²) in [5.74, 6) is 0.477. The second-order valence-corrected chi connectivity index (χ2v) is 7.19. The van der Waals surface area contributed by atoms with Gasteiger partial charge in [0, 0.05) is 15.4 Å². The number of amides is 1. The van der Waals surface area contributed by atoms with Gasteiger partial charge in [0.1, 0.15) is 19.0 Å². The maximum atomic E-state index is 13.4. The van der Waals surface area contributed by atoms with Crippen molar-refractivity contribution < 1.29 is 18.7 Å². The van der Waals surface area contributed by atoms with Gasteiger partial charge in [0.2, 0.25) is 0 Å². The van der Waals surface area contributed by atoms with E-state index in [0.717, 1.165) is 5.56 Å². The van der Waals surface area contributed by atoms with Gasteiger partial charge in [-0.25, -0.2) is 9.37 Å². The Balaban J connectivity index is 1.55. The number of hydrogen-bond acceptors (Lipinski definition) is 5. The highest BCUT2D eigenvalue weighted by Crippen LogP contribution is 2.35. The number of nitrogens with one attached hydrogen (secondary N) is 1. The number of benzene rings is 2. The van der Waals surface area contributed by atoms with Crippen LogP contribution < -0.4 is 14.8 Å². The average molecular weight is 435 g/mol. The van der Waals surface area contributed by atoms with Gasteiger partial charge in [-0.1, -0.05) is 0 Å². The number of rotatable bonds is 3. The van der Waals surface area contributed by atoms with Crippen molar-refractivity contribution in [1.82, 2.24) is 4.98 Å². The van der Waals surface area contributed by atoms with Crippen molar-refractivity contribution in [3.05, 3.63) is 57.6 Å².